The fourth-order valence-corrected chi connectivity index (χ4v) is 4.59. The smallest absolute Gasteiger partial charge is 0.416 e. The van der Waals surface area contributed by atoms with Crippen LogP contribution >= 0.6 is 0 Å². The van der Waals surface area contributed by atoms with Gasteiger partial charge in [0.15, 0.2) is 11.5 Å². The lowest BCUT2D eigenvalue weighted by Gasteiger charge is -2.26. The summed E-state index contributed by atoms with van der Waals surface area (Å²) in [5.41, 5.74) is 0.312. The minimum Gasteiger partial charge on any atom is -0.493 e. The molecule has 4 rings (SSSR count). The zero-order valence-electron chi connectivity index (χ0n) is 18.7. The number of carbonyl (C=O) groups excluding carboxylic acids is 1. The largest absolute Gasteiger partial charge is 0.493 e. The van der Waals surface area contributed by atoms with Gasteiger partial charge in [0.2, 0.25) is 5.91 Å². The van der Waals surface area contributed by atoms with E-state index in [9.17, 15) is 18.0 Å². The number of likely N-dealkylation sites (tertiary alicyclic amines) is 1. The summed E-state index contributed by atoms with van der Waals surface area (Å²) in [6.45, 7) is 3.94. The van der Waals surface area contributed by atoms with E-state index in [2.05, 4.69) is 4.90 Å². The zero-order chi connectivity index (χ0) is 23.4. The van der Waals surface area contributed by atoms with Crippen LogP contribution in [0, 0.1) is 0 Å². The van der Waals surface area contributed by atoms with Gasteiger partial charge in [0, 0.05) is 24.8 Å². The minimum atomic E-state index is -4.44. The molecule has 8 heteroatoms. The van der Waals surface area contributed by atoms with Crippen molar-refractivity contribution in [3.63, 3.8) is 0 Å². The zero-order valence-corrected chi connectivity index (χ0v) is 18.7. The van der Waals surface area contributed by atoms with Gasteiger partial charge in [-0.3, -0.25) is 9.69 Å². The molecule has 2 aliphatic heterocycles. The second-order valence-corrected chi connectivity index (χ2v) is 8.54. The molecule has 0 spiro atoms. The second-order valence-electron chi connectivity index (χ2n) is 8.54. The highest BCUT2D eigenvalue weighted by atomic mass is 19.4. The van der Waals surface area contributed by atoms with Gasteiger partial charge in [-0.05, 0) is 56.1 Å². The number of carbonyl (C=O) groups is 1. The SMILES string of the molecule is COc1ccc(N2CCC(c3cccc(C(F)(F)F)c3)C2=O)cc1OCCN1CCCCC1. The average Bonchev–Trinajstić information content (AvgIpc) is 3.20. The molecule has 2 aromatic carbocycles. The number of halogens is 3. The fraction of sp³-hybridized carbons (Fsp3) is 0.480. The molecule has 2 heterocycles. The summed E-state index contributed by atoms with van der Waals surface area (Å²) in [6, 6.07) is 10.4. The highest BCUT2D eigenvalue weighted by Crippen LogP contribution is 2.38. The number of hydrogen-bond donors (Lipinski definition) is 0. The van der Waals surface area contributed by atoms with Crippen molar-refractivity contribution < 1.29 is 27.4 Å². The molecular formula is C25H29F3N2O3. The van der Waals surface area contributed by atoms with Crippen molar-refractivity contribution in [1.82, 2.24) is 4.90 Å². The lowest BCUT2D eigenvalue weighted by molar-refractivity contribution is -0.137. The van der Waals surface area contributed by atoms with Gasteiger partial charge in [0.25, 0.3) is 0 Å². The molecule has 2 fully saturated rings. The Hall–Kier alpha value is -2.74. The molecule has 2 aliphatic rings. The number of benzene rings is 2. The number of alkyl halides is 3. The maximum Gasteiger partial charge on any atom is 0.416 e. The first-order valence-corrected chi connectivity index (χ1v) is 11.4. The molecule has 2 saturated heterocycles. The van der Waals surface area contributed by atoms with Crippen LogP contribution in [0.5, 0.6) is 11.5 Å². The lowest BCUT2D eigenvalue weighted by Crippen LogP contribution is -2.33. The third-order valence-corrected chi connectivity index (χ3v) is 6.39. The molecule has 1 amide bonds. The summed E-state index contributed by atoms with van der Waals surface area (Å²) < 4.78 is 50.7. The van der Waals surface area contributed by atoms with Crippen molar-refractivity contribution in [1.29, 1.82) is 0 Å². The molecule has 2 aromatic rings. The number of amides is 1. The summed E-state index contributed by atoms with van der Waals surface area (Å²) in [4.78, 5) is 17.1. The molecule has 0 radical (unpaired) electrons. The number of methoxy groups -OCH3 is 1. The van der Waals surface area contributed by atoms with Crippen LogP contribution in [0.2, 0.25) is 0 Å². The number of nitrogens with zero attached hydrogens (tertiary/aromatic N) is 2. The molecule has 0 bridgehead atoms. The van der Waals surface area contributed by atoms with Crippen LogP contribution in [-0.4, -0.2) is 50.7 Å². The quantitative estimate of drug-likeness (QED) is 0.574. The van der Waals surface area contributed by atoms with Gasteiger partial charge in [-0.1, -0.05) is 24.6 Å². The van der Waals surface area contributed by atoms with E-state index < -0.39 is 17.7 Å². The summed E-state index contributed by atoms with van der Waals surface area (Å²) in [6.07, 6.45) is -0.282. The number of piperidine rings is 1. The van der Waals surface area contributed by atoms with E-state index >= 15 is 0 Å². The third-order valence-electron chi connectivity index (χ3n) is 6.39. The highest BCUT2D eigenvalue weighted by Gasteiger charge is 2.36. The molecule has 1 unspecified atom stereocenters. The summed E-state index contributed by atoms with van der Waals surface area (Å²) in [5, 5.41) is 0. The van der Waals surface area contributed by atoms with Gasteiger partial charge in [0.05, 0.1) is 18.6 Å². The molecular weight excluding hydrogens is 433 g/mol. The van der Waals surface area contributed by atoms with Gasteiger partial charge in [0.1, 0.15) is 6.61 Å². The van der Waals surface area contributed by atoms with Crippen LogP contribution in [0.1, 0.15) is 42.7 Å². The maximum atomic E-state index is 13.1. The number of anilines is 1. The number of ether oxygens (including phenoxy) is 2. The van der Waals surface area contributed by atoms with Gasteiger partial charge in [-0.25, -0.2) is 0 Å². The normalized spacial score (nSPS) is 19.7. The third kappa shape index (κ3) is 5.43. The second kappa shape index (κ2) is 10.0. The standard InChI is InChI=1S/C25H29F3N2O3/c1-32-22-9-8-20(17-23(22)33-15-14-29-11-3-2-4-12-29)30-13-10-21(24(30)31)18-6-5-7-19(16-18)25(26,27)28/h5-9,16-17,21H,2-4,10-15H2,1H3. The first-order valence-electron chi connectivity index (χ1n) is 11.4. The summed E-state index contributed by atoms with van der Waals surface area (Å²) in [5.74, 6) is 0.331. The molecule has 0 aromatic heterocycles. The topological polar surface area (TPSA) is 42.0 Å². The van der Waals surface area contributed by atoms with Crippen molar-refractivity contribution in [2.24, 2.45) is 0 Å². The summed E-state index contributed by atoms with van der Waals surface area (Å²) in [7, 11) is 1.57. The van der Waals surface area contributed by atoms with Crippen LogP contribution in [0.25, 0.3) is 0 Å². The number of hydrogen-bond acceptors (Lipinski definition) is 4. The first kappa shape index (κ1) is 23.4. The van der Waals surface area contributed by atoms with Gasteiger partial charge in [-0.2, -0.15) is 13.2 Å². The Kier molecular flexibility index (Phi) is 7.12. The van der Waals surface area contributed by atoms with Crippen LogP contribution in [-0.2, 0) is 11.0 Å². The van der Waals surface area contributed by atoms with Crippen LogP contribution in [0.3, 0.4) is 0 Å². The van der Waals surface area contributed by atoms with E-state index in [-0.39, 0.29) is 5.91 Å². The van der Waals surface area contributed by atoms with Crippen LogP contribution < -0.4 is 14.4 Å². The molecule has 0 saturated carbocycles. The predicted molar refractivity (Wildman–Crippen MR) is 120 cm³/mol. The van der Waals surface area contributed by atoms with Crippen molar-refractivity contribution in [3.05, 3.63) is 53.6 Å². The van der Waals surface area contributed by atoms with Gasteiger partial charge in [-0.15, -0.1) is 0 Å². The van der Waals surface area contributed by atoms with E-state index in [0.717, 1.165) is 31.8 Å². The molecule has 5 nitrogen and oxygen atoms in total. The van der Waals surface area contributed by atoms with Crippen LogP contribution in [0.4, 0.5) is 18.9 Å². The van der Waals surface area contributed by atoms with Gasteiger partial charge < -0.3 is 14.4 Å². The maximum absolute atomic E-state index is 13.1. The van der Waals surface area contributed by atoms with E-state index in [1.165, 1.54) is 25.3 Å². The van der Waals surface area contributed by atoms with E-state index in [1.807, 2.05) is 0 Å². The van der Waals surface area contributed by atoms with Crippen LogP contribution in [0.15, 0.2) is 42.5 Å². The first-order chi connectivity index (χ1) is 15.9. The minimum absolute atomic E-state index is 0.209. The molecule has 33 heavy (non-hydrogen) atoms. The Morgan fingerprint density at radius 1 is 1.00 bits per heavy atom. The van der Waals surface area contributed by atoms with Crippen molar-refractivity contribution in [3.8, 4) is 11.5 Å². The predicted octanol–water partition coefficient (Wildman–Crippen LogP) is 5.10. The fourth-order valence-electron chi connectivity index (χ4n) is 4.59. The van der Waals surface area contributed by atoms with E-state index in [4.69, 9.17) is 9.47 Å². The Morgan fingerprint density at radius 3 is 2.52 bits per heavy atom. The molecule has 178 valence electrons. The Balaban J connectivity index is 1.46. The molecule has 0 aliphatic carbocycles. The monoisotopic (exact) mass is 462 g/mol. The van der Waals surface area contributed by atoms with Gasteiger partial charge >= 0.3 is 6.18 Å². The number of rotatable bonds is 7. The Labute approximate surface area is 192 Å². The molecule has 1 atom stereocenters. The highest BCUT2D eigenvalue weighted by molar-refractivity contribution is 6.00. The Morgan fingerprint density at radius 2 is 1.79 bits per heavy atom. The molecule has 0 N–H and O–H groups in total. The van der Waals surface area contributed by atoms with Crippen molar-refractivity contribution in [2.75, 3.05) is 44.8 Å². The Bertz CT molecular complexity index is 974. The van der Waals surface area contributed by atoms with Crippen molar-refractivity contribution >= 4 is 11.6 Å². The van der Waals surface area contributed by atoms with E-state index in [1.54, 1.807) is 36.3 Å². The average molecular weight is 463 g/mol. The van der Waals surface area contributed by atoms with Crippen molar-refractivity contribution in [2.45, 2.75) is 37.8 Å². The summed E-state index contributed by atoms with van der Waals surface area (Å²) >= 11 is 0. The lowest BCUT2D eigenvalue weighted by atomic mass is 9.96. The van der Waals surface area contributed by atoms with E-state index in [0.29, 0.717) is 42.3 Å².